The summed E-state index contributed by atoms with van der Waals surface area (Å²) in [5.41, 5.74) is 5.80. The molecule has 0 saturated heterocycles. The summed E-state index contributed by atoms with van der Waals surface area (Å²) in [5, 5.41) is 2.02. The molecule has 0 amide bonds. The second-order valence-corrected chi connectivity index (χ2v) is 6.60. The van der Waals surface area contributed by atoms with Gasteiger partial charge in [-0.3, -0.25) is 0 Å². The normalized spacial score (nSPS) is 13.3. The number of ether oxygens (including phenoxy) is 2. The molecule has 26 heavy (non-hydrogen) atoms. The van der Waals surface area contributed by atoms with Gasteiger partial charge in [-0.2, -0.15) is 0 Å². The van der Waals surface area contributed by atoms with Gasteiger partial charge in [0.1, 0.15) is 12.4 Å². The molecule has 0 aliphatic carbocycles. The van der Waals surface area contributed by atoms with Crippen LogP contribution in [0.1, 0.15) is 38.2 Å². The van der Waals surface area contributed by atoms with Crippen molar-refractivity contribution < 1.29 is 14.3 Å². The van der Waals surface area contributed by atoms with Gasteiger partial charge in [0, 0.05) is 10.9 Å². The highest BCUT2D eigenvalue weighted by atomic mass is 16.5. The van der Waals surface area contributed by atoms with Crippen molar-refractivity contribution in [2.45, 2.75) is 20.5 Å². The topological polar surface area (TPSA) is 35.5 Å². The zero-order valence-electron chi connectivity index (χ0n) is 15.1. The number of hydrogen-bond acceptors (Lipinski definition) is 3. The maximum atomic E-state index is 12.4. The Hall–Kier alpha value is -3.07. The Bertz CT molecular complexity index is 1050. The Kier molecular flexibility index (Phi) is 4.00. The first-order valence-corrected chi connectivity index (χ1v) is 8.64. The molecule has 0 spiro atoms. The molecule has 1 aliphatic rings. The summed E-state index contributed by atoms with van der Waals surface area (Å²) in [6, 6.07) is 14.3. The van der Waals surface area contributed by atoms with Gasteiger partial charge in [0.05, 0.1) is 12.7 Å². The molecule has 0 unspecified atom stereocenters. The summed E-state index contributed by atoms with van der Waals surface area (Å²) in [6.45, 7) is 4.42. The van der Waals surface area contributed by atoms with Gasteiger partial charge >= 0.3 is 5.97 Å². The molecule has 0 fully saturated rings. The van der Waals surface area contributed by atoms with Gasteiger partial charge in [0.15, 0.2) is 0 Å². The summed E-state index contributed by atoms with van der Waals surface area (Å²) in [5.74, 6) is 0.451. The number of methoxy groups -OCH3 is 1. The van der Waals surface area contributed by atoms with Gasteiger partial charge in [0.25, 0.3) is 0 Å². The van der Waals surface area contributed by atoms with Gasteiger partial charge in [-0.25, -0.2) is 4.79 Å². The van der Waals surface area contributed by atoms with Crippen LogP contribution in [0.15, 0.2) is 42.5 Å². The quantitative estimate of drug-likeness (QED) is 0.477. The lowest BCUT2D eigenvalue weighted by Crippen LogP contribution is -2.01. The second-order valence-electron chi connectivity index (χ2n) is 6.60. The fourth-order valence-electron chi connectivity index (χ4n) is 3.53. The highest BCUT2D eigenvalue weighted by Gasteiger charge is 2.30. The second kappa shape index (κ2) is 6.34. The van der Waals surface area contributed by atoms with Crippen molar-refractivity contribution in [2.75, 3.05) is 7.11 Å². The first kappa shape index (κ1) is 16.4. The lowest BCUT2D eigenvalue weighted by atomic mass is 9.91. The van der Waals surface area contributed by atoms with E-state index in [4.69, 9.17) is 9.47 Å². The van der Waals surface area contributed by atoms with E-state index < -0.39 is 0 Å². The Morgan fingerprint density at radius 1 is 1.00 bits per heavy atom. The summed E-state index contributed by atoms with van der Waals surface area (Å²) in [7, 11) is 1.65. The maximum Gasteiger partial charge on any atom is 0.339 e. The molecule has 3 aromatic rings. The highest BCUT2D eigenvalue weighted by molar-refractivity contribution is 6.09. The highest BCUT2D eigenvalue weighted by Crippen LogP contribution is 2.41. The van der Waals surface area contributed by atoms with E-state index in [1.54, 1.807) is 7.11 Å². The van der Waals surface area contributed by atoms with E-state index in [0.29, 0.717) is 5.56 Å². The molecule has 1 aliphatic heterocycles. The number of rotatable bonds is 3. The Morgan fingerprint density at radius 3 is 2.38 bits per heavy atom. The minimum Gasteiger partial charge on any atom is -0.496 e. The molecule has 0 atom stereocenters. The van der Waals surface area contributed by atoms with Crippen LogP contribution in [-0.4, -0.2) is 13.1 Å². The zero-order valence-corrected chi connectivity index (χ0v) is 15.1. The van der Waals surface area contributed by atoms with E-state index >= 15 is 0 Å². The van der Waals surface area contributed by atoms with Crippen LogP contribution in [0.5, 0.6) is 5.75 Å². The van der Waals surface area contributed by atoms with Crippen LogP contribution in [0.3, 0.4) is 0 Å². The number of hydrogen-bond donors (Lipinski definition) is 0. The molecule has 1 heterocycles. The predicted molar refractivity (Wildman–Crippen MR) is 104 cm³/mol. The molecule has 0 bridgehead atoms. The number of fused-ring (bicyclic) bond motifs is 2. The van der Waals surface area contributed by atoms with Crippen molar-refractivity contribution in [1.82, 2.24) is 0 Å². The monoisotopic (exact) mass is 344 g/mol. The summed E-state index contributed by atoms with van der Waals surface area (Å²) in [6.07, 6.45) is 4.04. The zero-order chi connectivity index (χ0) is 18.3. The van der Waals surface area contributed by atoms with E-state index in [9.17, 15) is 4.79 Å². The Balaban J connectivity index is 2.04. The third-order valence-corrected chi connectivity index (χ3v) is 5.01. The molecule has 0 aromatic heterocycles. The predicted octanol–water partition coefficient (Wildman–Crippen LogP) is 5.31. The Labute approximate surface area is 152 Å². The van der Waals surface area contributed by atoms with Crippen LogP contribution in [0.4, 0.5) is 0 Å². The summed E-state index contributed by atoms with van der Waals surface area (Å²) in [4.78, 5) is 12.4. The third-order valence-electron chi connectivity index (χ3n) is 5.01. The fourth-order valence-corrected chi connectivity index (χ4v) is 3.53. The van der Waals surface area contributed by atoms with Crippen molar-refractivity contribution in [3.05, 3.63) is 75.8 Å². The van der Waals surface area contributed by atoms with Crippen molar-refractivity contribution in [3.8, 4) is 5.75 Å². The number of carbonyl (C=O) groups excluding carboxylic acids is 1. The maximum absolute atomic E-state index is 12.4. The fraction of sp³-hybridized carbons (Fsp3) is 0.174. The van der Waals surface area contributed by atoms with Crippen LogP contribution < -0.4 is 4.74 Å². The van der Waals surface area contributed by atoms with Gasteiger partial charge in [-0.05, 0) is 47.6 Å². The van der Waals surface area contributed by atoms with E-state index in [2.05, 4.69) is 26.0 Å². The minimum atomic E-state index is -0.286. The molecule has 130 valence electrons. The van der Waals surface area contributed by atoms with Crippen LogP contribution >= 0.6 is 0 Å². The number of esters is 1. The number of aryl methyl sites for hydroxylation is 2. The smallest absolute Gasteiger partial charge is 0.339 e. The van der Waals surface area contributed by atoms with Crippen LogP contribution in [0, 0.1) is 13.8 Å². The average Bonchev–Trinajstić information content (AvgIpc) is 3.03. The molecule has 3 heteroatoms. The SMILES string of the molecule is COc1c2c(c(/C=C/c3ccccc3)c3cc(C)c(C)cc13)C(=O)OC2. The van der Waals surface area contributed by atoms with E-state index in [0.717, 1.165) is 33.2 Å². The first-order chi connectivity index (χ1) is 12.6. The van der Waals surface area contributed by atoms with Gasteiger partial charge in [0.2, 0.25) is 0 Å². The molecular formula is C23H20O3. The molecule has 0 N–H and O–H groups in total. The van der Waals surface area contributed by atoms with E-state index in [1.807, 2.05) is 42.5 Å². The van der Waals surface area contributed by atoms with Crippen molar-refractivity contribution >= 4 is 28.9 Å². The third kappa shape index (κ3) is 2.57. The molecule has 3 nitrogen and oxygen atoms in total. The largest absolute Gasteiger partial charge is 0.496 e. The average molecular weight is 344 g/mol. The molecular weight excluding hydrogens is 324 g/mol. The van der Waals surface area contributed by atoms with E-state index in [-0.39, 0.29) is 12.6 Å². The molecule has 4 rings (SSSR count). The summed E-state index contributed by atoms with van der Waals surface area (Å²) >= 11 is 0. The van der Waals surface area contributed by atoms with Crippen LogP contribution in [0.25, 0.3) is 22.9 Å². The van der Waals surface area contributed by atoms with Crippen molar-refractivity contribution in [2.24, 2.45) is 0 Å². The minimum absolute atomic E-state index is 0.256. The lowest BCUT2D eigenvalue weighted by molar-refractivity contribution is 0.0534. The Morgan fingerprint density at radius 2 is 1.69 bits per heavy atom. The van der Waals surface area contributed by atoms with Crippen LogP contribution in [-0.2, 0) is 11.3 Å². The van der Waals surface area contributed by atoms with Gasteiger partial charge in [-0.1, -0.05) is 48.6 Å². The van der Waals surface area contributed by atoms with Gasteiger partial charge in [-0.15, -0.1) is 0 Å². The number of benzene rings is 3. The van der Waals surface area contributed by atoms with Crippen molar-refractivity contribution in [3.63, 3.8) is 0 Å². The standard InChI is InChI=1S/C23H20O3/c1-14-11-18-17(10-9-16-7-5-4-6-8-16)21-20(13-26-23(21)24)22(25-3)19(18)12-15(14)2/h4-12H,13H2,1-3H3/b10-9+. The summed E-state index contributed by atoms with van der Waals surface area (Å²) < 4.78 is 11.0. The molecule has 0 saturated carbocycles. The van der Waals surface area contributed by atoms with Gasteiger partial charge < -0.3 is 9.47 Å². The number of cyclic esters (lactones) is 1. The van der Waals surface area contributed by atoms with E-state index in [1.165, 1.54) is 11.1 Å². The first-order valence-electron chi connectivity index (χ1n) is 8.64. The molecule has 0 radical (unpaired) electrons. The lowest BCUT2D eigenvalue weighted by Gasteiger charge is -2.15. The number of carbonyl (C=O) groups is 1. The van der Waals surface area contributed by atoms with Crippen molar-refractivity contribution in [1.29, 1.82) is 0 Å². The van der Waals surface area contributed by atoms with Crippen LogP contribution in [0.2, 0.25) is 0 Å². The molecule has 3 aromatic carbocycles.